The van der Waals surface area contributed by atoms with E-state index in [0.29, 0.717) is 6.54 Å². The quantitative estimate of drug-likeness (QED) is 0.939. The van der Waals surface area contributed by atoms with E-state index < -0.39 is 0 Å². The largest absolute Gasteiger partial charge is 0.374 e. The summed E-state index contributed by atoms with van der Waals surface area (Å²) in [6.45, 7) is 5.72. The molecule has 0 saturated heterocycles. The number of rotatable bonds is 3. The van der Waals surface area contributed by atoms with Gasteiger partial charge in [0.25, 0.3) is 5.91 Å². The summed E-state index contributed by atoms with van der Waals surface area (Å²) in [7, 11) is 2.14. The molecule has 23 heavy (non-hydrogen) atoms. The number of amides is 1. The second kappa shape index (κ2) is 6.45. The first-order valence-corrected chi connectivity index (χ1v) is 8.23. The Labute approximate surface area is 138 Å². The number of aryl methyl sites for hydroxylation is 3. The third-order valence-electron chi connectivity index (χ3n) is 4.57. The molecule has 2 aromatic carbocycles. The van der Waals surface area contributed by atoms with E-state index >= 15 is 0 Å². The Bertz CT molecular complexity index is 736. The molecule has 0 aromatic heterocycles. The number of carbonyl (C=O) groups is 1. The highest BCUT2D eigenvalue weighted by Crippen LogP contribution is 2.26. The Balaban J connectivity index is 1.69. The Morgan fingerprint density at radius 2 is 2.00 bits per heavy atom. The Hall–Kier alpha value is -2.29. The van der Waals surface area contributed by atoms with E-state index in [1.54, 1.807) is 0 Å². The smallest absolute Gasteiger partial charge is 0.251 e. The fourth-order valence-electron chi connectivity index (χ4n) is 3.29. The van der Waals surface area contributed by atoms with Crippen LogP contribution in [0.15, 0.2) is 36.4 Å². The zero-order valence-corrected chi connectivity index (χ0v) is 14.1. The van der Waals surface area contributed by atoms with Crippen LogP contribution in [0.5, 0.6) is 0 Å². The molecule has 0 bridgehead atoms. The van der Waals surface area contributed by atoms with E-state index in [2.05, 4.69) is 35.5 Å². The third-order valence-corrected chi connectivity index (χ3v) is 4.57. The number of hydrogen-bond acceptors (Lipinski definition) is 2. The van der Waals surface area contributed by atoms with Gasteiger partial charge in [0.05, 0.1) is 0 Å². The summed E-state index contributed by atoms with van der Waals surface area (Å²) in [4.78, 5) is 14.7. The van der Waals surface area contributed by atoms with Crippen molar-refractivity contribution in [1.82, 2.24) is 5.32 Å². The van der Waals surface area contributed by atoms with Crippen molar-refractivity contribution in [2.24, 2.45) is 0 Å². The molecule has 3 nitrogen and oxygen atoms in total. The van der Waals surface area contributed by atoms with Gasteiger partial charge in [0, 0.05) is 31.4 Å². The SMILES string of the molecule is Cc1ccc(C(=O)NCc2ccc3c(c2)CCCN3C)c(C)c1. The summed E-state index contributed by atoms with van der Waals surface area (Å²) < 4.78 is 0. The fraction of sp³-hybridized carbons (Fsp3) is 0.350. The molecule has 1 aliphatic rings. The van der Waals surface area contributed by atoms with Gasteiger partial charge >= 0.3 is 0 Å². The predicted molar refractivity (Wildman–Crippen MR) is 95.1 cm³/mol. The summed E-state index contributed by atoms with van der Waals surface area (Å²) in [6.07, 6.45) is 2.32. The number of nitrogens with one attached hydrogen (secondary N) is 1. The van der Waals surface area contributed by atoms with Gasteiger partial charge in [-0.2, -0.15) is 0 Å². The maximum absolute atomic E-state index is 12.4. The van der Waals surface area contributed by atoms with Gasteiger partial charge in [-0.25, -0.2) is 0 Å². The minimum atomic E-state index is -0.00246. The summed E-state index contributed by atoms with van der Waals surface area (Å²) in [5, 5.41) is 3.04. The topological polar surface area (TPSA) is 32.3 Å². The van der Waals surface area contributed by atoms with E-state index in [1.165, 1.54) is 23.2 Å². The van der Waals surface area contributed by atoms with Crippen molar-refractivity contribution in [3.8, 4) is 0 Å². The van der Waals surface area contributed by atoms with Gasteiger partial charge in [0.15, 0.2) is 0 Å². The number of benzene rings is 2. The lowest BCUT2D eigenvalue weighted by atomic mass is 9.99. The fourth-order valence-corrected chi connectivity index (χ4v) is 3.29. The molecule has 0 unspecified atom stereocenters. The van der Waals surface area contributed by atoms with Gasteiger partial charge in [-0.05, 0) is 55.5 Å². The second-order valence-electron chi connectivity index (χ2n) is 6.49. The van der Waals surface area contributed by atoms with E-state index in [1.807, 2.05) is 32.0 Å². The zero-order valence-electron chi connectivity index (χ0n) is 14.1. The third kappa shape index (κ3) is 3.39. The first-order valence-electron chi connectivity index (χ1n) is 8.23. The summed E-state index contributed by atoms with van der Waals surface area (Å²) in [6, 6.07) is 12.4. The van der Waals surface area contributed by atoms with Crippen LogP contribution in [0, 0.1) is 13.8 Å². The molecule has 2 aromatic rings. The number of hydrogen-bond donors (Lipinski definition) is 1. The van der Waals surface area contributed by atoms with E-state index in [9.17, 15) is 4.79 Å². The van der Waals surface area contributed by atoms with Crippen LogP contribution in [-0.4, -0.2) is 19.5 Å². The summed E-state index contributed by atoms with van der Waals surface area (Å²) >= 11 is 0. The van der Waals surface area contributed by atoms with Gasteiger partial charge in [-0.15, -0.1) is 0 Å². The van der Waals surface area contributed by atoms with Crippen molar-refractivity contribution >= 4 is 11.6 Å². The summed E-state index contributed by atoms with van der Waals surface area (Å²) in [5.41, 5.74) is 6.83. The van der Waals surface area contributed by atoms with Crippen molar-refractivity contribution < 1.29 is 4.79 Å². The number of nitrogens with zero attached hydrogens (tertiary/aromatic N) is 1. The van der Waals surface area contributed by atoms with Crippen LogP contribution in [-0.2, 0) is 13.0 Å². The molecule has 1 aliphatic heterocycles. The normalized spacial score (nSPS) is 13.6. The maximum atomic E-state index is 12.4. The average Bonchev–Trinajstić information content (AvgIpc) is 2.53. The lowest BCUT2D eigenvalue weighted by Gasteiger charge is -2.27. The molecule has 0 saturated carbocycles. The molecule has 0 aliphatic carbocycles. The lowest BCUT2D eigenvalue weighted by molar-refractivity contribution is 0.0950. The van der Waals surface area contributed by atoms with Crippen LogP contribution < -0.4 is 10.2 Å². The van der Waals surface area contributed by atoms with Crippen molar-refractivity contribution in [1.29, 1.82) is 0 Å². The molecule has 120 valence electrons. The van der Waals surface area contributed by atoms with E-state index in [0.717, 1.165) is 29.7 Å². The monoisotopic (exact) mass is 308 g/mol. The minimum absolute atomic E-state index is 0.00246. The van der Waals surface area contributed by atoms with Gasteiger partial charge in [0.2, 0.25) is 0 Å². The molecule has 3 heteroatoms. The number of anilines is 1. The van der Waals surface area contributed by atoms with Crippen LogP contribution in [0.4, 0.5) is 5.69 Å². The van der Waals surface area contributed by atoms with Crippen LogP contribution in [0.1, 0.15) is 39.0 Å². The highest BCUT2D eigenvalue weighted by atomic mass is 16.1. The Morgan fingerprint density at radius 3 is 2.78 bits per heavy atom. The molecule has 0 atom stereocenters. The van der Waals surface area contributed by atoms with Crippen LogP contribution in [0.2, 0.25) is 0 Å². The molecule has 1 N–H and O–H groups in total. The first kappa shape index (κ1) is 15.6. The number of fused-ring (bicyclic) bond motifs is 1. The van der Waals surface area contributed by atoms with Gasteiger partial charge in [-0.1, -0.05) is 29.8 Å². The van der Waals surface area contributed by atoms with Gasteiger partial charge in [-0.3, -0.25) is 4.79 Å². The molecule has 0 fully saturated rings. The highest BCUT2D eigenvalue weighted by molar-refractivity contribution is 5.95. The average molecular weight is 308 g/mol. The molecule has 1 heterocycles. The van der Waals surface area contributed by atoms with Crippen molar-refractivity contribution in [2.45, 2.75) is 33.2 Å². The predicted octanol–water partition coefficient (Wildman–Crippen LogP) is 3.62. The van der Waals surface area contributed by atoms with Crippen molar-refractivity contribution in [3.05, 3.63) is 64.2 Å². The number of carbonyl (C=O) groups excluding carboxylic acids is 1. The molecule has 3 rings (SSSR count). The molecule has 0 radical (unpaired) electrons. The Kier molecular flexibility index (Phi) is 4.37. The van der Waals surface area contributed by atoms with Gasteiger partial charge < -0.3 is 10.2 Å². The lowest BCUT2D eigenvalue weighted by Crippen LogP contribution is -2.26. The summed E-state index contributed by atoms with van der Waals surface area (Å²) in [5.74, 6) is -0.00246. The molecule has 0 spiro atoms. The maximum Gasteiger partial charge on any atom is 0.251 e. The van der Waals surface area contributed by atoms with E-state index in [-0.39, 0.29) is 5.91 Å². The molecule has 1 amide bonds. The van der Waals surface area contributed by atoms with Crippen molar-refractivity contribution in [2.75, 3.05) is 18.5 Å². The van der Waals surface area contributed by atoms with Crippen LogP contribution >= 0.6 is 0 Å². The van der Waals surface area contributed by atoms with Crippen molar-refractivity contribution in [3.63, 3.8) is 0 Å². The first-order chi connectivity index (χ1) is 11.0. The molecular formula is C20H24N2O. The second-order valence-corrected chi connectivity index (χ2v) is 6.49. The van der Waals surface area contributed by atoms with Gasteiger partial charge in [0.1, 0.15) is 0 Å². The standard InChI is InChI=1S/C20H24N2O/c1-14-6-8-18(15(2)11-14)20(23)21-13-16-7-9-19-17(12-16)5-4-10-22(19)3/h6-9,11-12H,4-5,10,13H2,1-3H3,(H,21,23). The van der Waals surface area contributed by atoms with Crippen LogP contribution in [0.3, 0.4) is 0 Å². The van der Waals surface area contributed by atoms with Crippen LogP contribution in [0.25, 0.3) is 0 Å². The van der Waals surface area contributed by atoms with E-state index in [4.69, 9.17) is 0 Å². The molecular weight excluding hydrogens is 284 g/mol. The Morgan fingerprint density at radius 1 is 1.17 bits per heavy atom. The zero-order chi connectivity index (χ0) is 16.4. The highest BCUT2D eigenvalue weighted by Gasteiger charge is 2.14. The minimum Gasteiger partial charge on any atom is -0.374 e.